The van der Waals surface area contributed by atoms with E-state index in [1.165, 1.54) is 4.90 Å². The Morgan fingerprint density at radius 3 is 2.78 bits per heavy atom. The van der Waals surface area contributed by atoms with Crippen molar-refractivity contribution >= 4 is 40.5 Å². The van der Waals surface area contributed by atoms with Gasteiger partial charge in [-0.25, -0.2) is 9.78 Å². The number of rotatable bonds is 6. The molecule has 0 aliphatic carbocycles. The van der Waals surface area contributed by atoms with Crippen LogP contribution in [-0.4, -0.2) is 47.6 Å². The van der Waals surface area contributed by atoms with Gasteiger partial charge in [0.1, 0.15) is 29.4 Å². The van der Waals surface area contributed by atoms with E-state index in [1.807, 2.05) is 0 Å². The molecule has 3 heterocycles. The van der Waals surface area contributed by atoms with Gasteiger partial charge in [-0.3, -0.25) is 14.5 Å². The van der Waals surface area contributed by atoms with Gasteiger partial charge in [0.15, 0.2) is 19.0 Å². The normalized spacial score (nSPS) is 12.9. The molecule has 0 atom stereocenters. The Labute approximate surface area is 182 Å². The molecule has 3 aromatic rings. The summed E-state index contributed by atoms with van der Waals surface area (Å²) in [5, 5.41) is 0.242. The number of nitrogens with zero attached hydrogens (tertiary/aromatic N) is 3. The third kappa shape index (κ3) is 3.92. The van der Waals surface area contributed by atoms with Crippen molar-refractivity contribution in [1.82, 2.24) is 9.97 Å². The molecule has 1 amide bonds. The SMILES string of the molecule is CCOC(=O)c1c(C)oc2nc(COC(=O)CN3C(=O)COc4ccccc43)nc(N)c12. The Bertz CT molecular complexity index is 1220. The minimum Gasteiger partial charge on any atom is -0.482 e. The number of benzene rings is 1. The maximum atomic E-state index is 12.4. The van der Waals surface area contributed by atoms with Gasteiger partial charge < -0.3 is 24.4 Å². The van der Waals surface area contributed by atoms with Crippen LogP contribution < -0.4 is 15.4 Å². The minimum absolute atomic E-state index is 0.00163. The molecule has 0 unspecified atom stereocenters. The van der Waals surface area contributed by atoms with Gasteiger partial charge >= 0.3 is 11.9 Å². The summed E-state index contributed by atoms with van der Waals surface area (Å²) in [6, 6.07) is 6.90. The van der Waals surface area contributed by atoms with Crippen molar-refractivity contribution in [2.24, 2.45) is 0 Å². The third-order valence-corrected chi connectivity index (χ3v) is 4.74. The standard InChI is InChI=1S/C21H20N4O7/c1-3-29-21(28)17-11(2)32-20-18(17)19(22)23-14(24-20)9-31-16(27)8-25-12-6-4-5-7-13(12)30-10-15(25)26/h4-7H,3,8-10H2,1-2H3,(H2,22,23,24). The fraction of sp³-hybridized carbons (Fsp3) is 0.286. The van der Waals surface area contributed by atoms with Crippen molar-refractivity contribution in [3.05, 3.63) is 41.4 Å². The molecular formula is C21H20N4O7. The Kier molecular flexibility index (Phi) is 5.63. The summed E-state index contributed by atoms with van der Waals surface area (Å²) in [7, 11) is 0. The Morgan fingerprint density at radius 1 is 1.22 bits per heavy atom. The Balaban J connectivity index is 1.48. The van der Waals surface area contributed by atoms with E-state index in [4.69, 9.17) is 24.4 Å². The van der Waals surface area contributed by atoms with E-state index in [-0.39, 0.29) is 66.3 Å². The van der Waals surface area contributed by atoms with E-state index >= 15 is 0 Å². The van der Waals surface area contributed by atoms with Crippen LogP contribution in [0.2, 0.25) is 0 Å². The average Bonchev–Trinajstić information content (AvgIpc) is 3.11. The molecule has 0 bridgehead atoms. The summed E-state index contributed by atoms with van der Waals surface area (Å²) in [6.07, 6.45) is 0. The van der Waals surface area contributed by atoms with Crippen LogP contribution in [0.25, 0.3) is 11.1 Å². The molecule has 166 valence electrons. The zero-order valence-corrected chi connectivity index (χ0v) is 17.4. The monoisotopic (exact) mass is 440 g/mol. The third-order valence-electron chi connectivity index (χ3n) is 4.74. The molecule has 0 fully saturated rings. The van der Waals surface area contributed by atoms with Crippen LogP contribution in [0.5, 0.6) is 5.75 Å². The average molecular weight is 440 g/mol. The van der Waals surface area contributed by atoms with Crippen LogP contribution in [0.4, 0.5) is 11.5 Å². The second-order valence-corrected chi connectivity index (χ2v) is 6.86. The molecule has 2 N–H and O–H groups in total. The lowest BCUT2D eigenvalue weighted by atomic mass is 10.2. The number of furan rings is 1. The Hall–Kier alpha value is -4.15. The molecule has 2 aromatic heterocycles. The highest BCUT2D eigenvalue weighted by Gasteiger charge is 2.28. The largest absolute Gasteiger partial charge is 0.482 e. The summed E-state index contributed by atoms with van der Waals surface area (Å²) >= 11 is 0. The highest BCUT2D eigenvalue weighted by molar-refractivity contribution is 6.07. The number of carbonyl (C=O) groups is 3. The number of aromatic nitrogens is 2. The molecule has 1 aliphatic rings. The number of para-hydroxylation sites is 2. The van der Waals surface area contributed by atoms with Crippen molar-refractivity contribution in [3.63, 3.8) is 0 Å². The summed E-state index contributed by atoms with van der Waals surface area (Å²) < 4.78 is 21.1. The lowest BCUT2D eigenvalue weighted by molar-refractivity contribution is -0.144. The number of fused-ring (bicyclic) bond motifs is 2. The van der Waals surface area contributed by atoms with Crippen molar-refractivity contribution in [2.45, 2.75) is 20.5 Å². The number of hydrogen-bond acceptors (Lipinski definition) is 10. The predicted molar refractivity (Wildman–Crippen MR) is 111 cm³/mol. The molecule has 11 heteroatoms. The van der Waals surface area contributed by atoms with Gasteiger partial charge in [0.25, 0.3) is 5.91 Å². The molecule has 0 spiro atoms. The quantitative estimate of drug-likeness (QED) is 0.562. The van der Waals surface area contributed by atoms with Gasteiger partial charge in [-0.15, -0.1) is 0 Å². The Morgan fingerprint density at radius 2 is 2.00 bits per heavy atom. The second kappa shape index (κ2) is 8.53. The maximum absolute atomic E-state index is 12.4. The van der Waals surface area contributed by atoms with Gasteiger partial charge in [0.05, 0.1) is 17.7 Å². The van der Waals surface area contributed by atoms with Gasteiger partial charge in [0, 0.05) is 0 Å². The summed E-state index contributed by atoms with van der Waals surface area (Å²) in [5.74, 6) is -0.737. The van der Waals surface area contributed by atoms with E-state index in [1.54, 1.807) is 38.1 Å². The number of anilines is 2. The fourth-order valence-electron chi connectivity index (χ4n) is 3.34. The van der Waals surface area contributed by atoms with Crippen LogP contribution in [-0.2, 0) is 25.7 Å². The number of nitrogen functional groups attached to an aromatic ring is 1. The maximum Gasteiger partial charge on any atom is 0.342 e. The number of esters is 2. The van der Waals surface area contributed by atoms with E-state index in [0.29, 0.717) is 11.4 Å². The molecule has 1 aromatic carbocycles. The van der Waals surface area contributed by atoms with Crippen LogP contribution in [0.15, 0.2) is 28.7 Å². The first-order valence-electron chi connectivity index (χ1n) is 9.79. The van der Waals surface area contributed by atoms with E-state index in [0.717, 1.165) is 0 Å². The van der Waals surface area contributed by atoms with Crippen molar-refractivity contribution < 1.29 is 33.0 Å². The zero-order chi connectivity index (χ0) is 22.8. The van der Waals surface area contributed by atoms with Crippen LogP contribution >= 0.6 is 0 Å². The summed E-state index contributed by atoms with van der Waals surface area (Å²) in [4.78, 5) is 46.4. The number of nitrogens with two attached hydrogens (primary N) is 1. The van der Waals surface area contributed by atoms with Crippen LogP contribution in [0, 0.1) is 6.92 Å². The lowest BCUT2D eigenvalue weighted by Gasteiger charge is -2.28. The van der Waals surface area contributed by atoms with E-state index < -0.39 is 11.9 Å². The predicted octanol–water partition coefficient (Wildman–Crippen LogP) is 1.76. The highest BCUT2D eigenvalue weighted by Crippen LogP contribution is 2.31. The van der Waals surface area contributed by atoms with Crippen LogP contribution in [0.3, 0.4) is 0 Å². The first-order chi connectivity index (χ1) is 15.4. The lowest BCUT2D eigenvalue weighted by Crippen LogP contribution is -2.42. The van der Waals surface area contributed by atoms with Crippen LogP contribution in [0.1, 0.15) is 28.9 Å². The first-order valence-corrected chi connectivity index (χ1v) is 9.79. The van der Waals surface area contributed by atoms with E-state index in [9.17, 15) is 14.4 Å². The number of carbonyl (C=O) groups excluding carboxylic acids is 3. The van der Waals surface area contributed by atoms with Gasteiger partial charge in [-0.1, -0.05) is 12.1 Å². The fourth-order valence-corrected chi connectivity index (χ4v) is 3.34. The highest BCUT2D eigenvalue weighted by atomic mass is 16.5. The number of ether oxygens (including phenoxy) is 3. The van der Waals surface area contributed by atoms with Crippen molar-refractivity contribution in [1.29, 1.82) is 0 Å². The smallest absolute Gasteiger partial charge is 0.342 e. The van der Waals surface area contributed by atoms with Gasteiger partial charge in [0.2, 0.25) is 5.71 Å². The summed E-state index contributed by atoms with van der Waals surface area (Å²) in [5.41, 5.74) is 6.74. The first kappa shape index (κ1) is 21.1. The van der Waals surface area contributed by atoms with E-state index in [2.05, 4.69) is 9.97 Å². The zero-order valence-electron chi connectivity index (χ0n) is 17.4. The number of aryl methyl sites for hydroxylation is 1. The van der Waals surface area contributed by atoms with Gasteiger partial charge in [-0.2, -0.15) is 4.98 Å². The molecular weight excluding hydrogens is 420 g/mol. The van der Waals surface area contributed by atoms with Crippen molar-refractivity contribution in [3.8, 4) is 5.75 Å². The molecule has 1 aliphatic heterocycles. The molecule has 11 nitrogen and oxygen atoms in total. The topological polar surface area (TPSA) is 147 Å². The van der Waals surface area contributed by atoms with Crippen molar-refractivity contribution in [2.75, 3.05) is 30.4 Å². The number of hydrogen-bond donors (Lipinski definition) is 1. The second-order valence-electron chi connectivity index (χ2n) is 6.86. The molecule has 0 saturated heterocycles. The molecule has 0 radical (unpaired) electrons. The molecule has 4 rings (SSSR count). The molecule has 32 heavy (non-hydrogen) atoms. The van der Waals surface area contributed by atoms with Gasteiger partial charge in [-0.05, 0) is 26.0 Å². The minimum atomic E-state index is -0.667. The molecule has 0 saturated carbocycles. The summed E-state index contributed by atoms with van der Waals surface area (Å²) in [6.45, 7) is 2.70. The number of amides is 1.